The van der Waals surface area contributed by atoms with E-state index in [-0.39, 0.29) is 12.6 Å². The number of anilines is 1. The van der Waals surface area contributed by atoms with Gasteiger partial charge in [-0.05, 0) is 45.4 Å². The van der Waals surface area contributed by atoms with Crippen LogP contribution >= 0.6 is 11.6 Å². The topological polar surface area (TPSA) is 93.5 Å². The van der Waals surface area contributed by atoms with Crippen LogP contribution in [0.5, 0.6) is 17.4 Å². The van der Waals surface area contributed by atoms with Crippen molar-refractivity contribution in [2.24, 2.45) is 0 Å². The third-order valence-corrected chi connectivity index (χ3v) is 4.82. The summed E-state index contributed by atoms with van der Waals surface area (Å²) >= 11 is 5.92. The molecule has 0 aliphatic rings. The van der Waals surface area contributed by atoms with Crippen molar-refractivity contribution in [2.75, 3.05) is 25.2 Å². The number of hydrogen-bond acceptors (Lipinski definition) is 8. The number of aliphatic hydroxyl groups is 1. The molecule has 0 aromatic carbocycles. The molecule has 0 unspecified atom stereocenters. The Bertz CT molecular complexity index is 1030. The summed E-state index contributed by atoms with van der Waals surface area (Å²) < 4.78 is 11.4. The second kappa shape index (κ2) is 10.4. The number of aryl methyl sites for hydroxylation is 1. The Morgan fingerprint density at radius 3 is 2.61 bits per heavy atom. The molecule has 8 nitrogen and oxygen atoms in total. The predicted octanol–water partition coefficient (Wildman–Crippen LogP) is 4.29. The zero-order valence-electron chi connectivity index (χ0n) is 18.0. The first-order chi connectivity index (χ1) is 14.9. The Labute approximate surface area is 186 Å². The molecule has 0 aliphatic heterocycles. The van der Waals surface area contributed by atoms with Gasteiger partial charge in [0.2, 0.25) is 11.8 Å². The number of halogens is 1. The molecule has 164 valence electrons. The van der Waals surface area contributed by atoms with E-state index in [4.69, 9.17) is 21.1 Å². The minimum atomic E-state index is 0.113. The standard InChI is InChI=1S/C22H26ClN5O3/c1-14(2)28(10-5-11-29)22-25-13-17(21(27-22)30-4)18-6-7-19(15(3)26-18)31-16-8-9-24-20(23)12-16/h6-9,12-14,29H,5,10-11H2,1-4H3. The van der Waals surface area contributed by atoms with E-state index < -0.39 is 0 Å². The lowest BCUT2D eigenvalue weighted by Crippen LogP contribution is -2.33. The van der Waals surface area contributed by atoms with Gasteiger partial charge in [0, 0.05) is 37.7 Å². The van der Waals surface area contributed by atoms with Crippen molar-refractivity contribution in [2.45, 2.75) is 33.2 Å². The minimum Gasteiger partial charge on any atom is -0.480 e. The summed E-state index contributed by atoms with van der Waals surface area (Å²) in [4.78, 5) is 19.7. The van der Waals surface area contributed by atoms with E-state index in [2.05, 4.69) is 33.8 Å². The van der Waals surface area contributed by atoms with Gasteiger partial charge in [0.15, 0.2) is 0 Å². The number of rotatable bonds is 9. The molecule has 3 aromatic heterocycles. The molecule has 0 amide bonds. The van der Waals surface area contributed by atoms with Gasteiger partial charge in [0.05, 0.1) is 24.1 Å². The van der Waals surface area contributed by atoms with Crippen LogP contribution in [-0.4, -0.2) is 51.3 Å². The number of methoxy groups -OCH3 is 1. The summed E-state index contributed by atoms with van der Waals surface area (Å²) in [5, 5.41) is 9.53. The lowest BCUT2D eigenvalue weighted by molar-refractivity contribution is 0.288. The minimum absolute atomic E-state index is 0.113. The third-order valence-electron chi connectivity index (χ3n) is 4.61. The highest BCUT2D eigenvalue weighted by Crippen LogP contribution is 2.32. The molecule has 0 aliphatic carbocycles. The highest BCUT2D eigenvalue weighted by molar-refractivity contribution is 6.29. The van der Waals surface area contributed by atoms with Gasteiger partial charge >= 0.3 is 0 Å². The van der Waals surface area contributed by atoms with Crippen molar-refractivity contribution in [1.29, 1.82) is 0 Å². The molecule has 0 saturated carbocycles. The molecule has 3 aromatic rings. The van der Waals surface area contributed by atoms with Gasteiger partial charge in [-0.2, -0.15) is 4.98 Å². The molecule has 0 spiro atoms. The zero-order valence-corrected chi connectivity index (χ0v) is 18.8. The maximum absolute atomic E-state index is 9.17. The van der Waals surface area contributed by atoms with E-state index in [1.807, 2.05) is 24.0 Å². The summed E-state index contributed by atoms with van der Waals surface area (Å²) in [5.41, 5.74) is 2.05. The van der Waals surface area contributed by atoms with Crippen molar-refractivity contribution in [3.05, 3.63) is 47.5 Å². The average Bonchev–Trinajstić information content (AvgIpc) is 2.75. The Morgan fingerprint density at radius 2 is 1.97 bits per heavy atom. The summed E-state index contributed by atoms with van der Waals surface area (Å²) in [6.07, 6.45) is 3.93. The third kappa shape index (κ3) is 5.59. The van der Waals surface area contributed by atoms with E-state index >= 15 is 0 Å². The molecule has 0 fully saturated rings. The first-order valence-corrected chi connectivity index (χ1v) is 10.4. The molecular formula is C22H26ClN5O3. The Morgan fingerprint density at radius 1 is 1.16 bits per heavy atom. The van der Waals surface area contributed by atoms with Gasteiger partial charge in [-0.25, -0.2) is 15.0 Å². The Balaban J connectivity index is 1.88. The van der Waals surface area contributed by atoms with E-state index in [1.165, 1.54) is 0 Å². The van der Waals surface area contributed by atoms with Crippen molar-refractivity contribution in [3.8, 4) is 28.6 Å². The SMILES string of the molecule is COc1nc(N(CCCO)C(C)C)ncc1-c1ccc(Oc2ccnc(Cl)c2)c(C)n1. The van der Waals surface area contributed by atoms with Crippen LogP contribution in [0.3, 0.4) is 0 Å². The number of pyridine rings is 2. The van der Waals surface area contributed by atoms with Crippen LogP contribution in [-0.2, 0) is 0 Å². The van der Waals surface area contributed by atoms with E-state index in [1.54, 1.807) is 31.6 Å². The molecular weight excluding hydrogens is 418 g/mol. The Kier molecular flexibility index (Phi) is 7.59. The van der Waals surface area contributed by atoms with Crippen LogP contribution in [0.4, 0.5) is 5.95 Å². The number of aromatic nitrogens is 4. The molecule has 0 radical (unpaired) electrons. The van der Waals surface area contributed by atoms with Crippen molar-refractivity contribution < 1.29 is 14.6 Å². The highest BCUT2D eigenvalue weighted by atomic mass is 35.5. The highest BCUT2D eigenvalue weighted by Gasteiger charge is 2.18. The second-order valence-electron chi connectivity index (χ2n) is 7.15. The molecule has 9 heteroatoms. The molecule has 0 bridgehead atoms. The smallest absolute Gasteiger partial charge is 0.228 e. The summed E-state index contributed by atoms with van der Waals surface area (Å²) in [7, 11) is 1.57. The molecule has 0 saturated heterocycles. The van der Waals surface area contributed by atoms with Gasteiger partial charge in [-0.1, -0.05) is 11.6 Å². The van der Waals surface area contributed by atoms with Gasteiger partial charge < -0.3 is 19.5 Å². The number of nitrogens with zero attached hydrogens (tertiary/aromatic N) is 5. The largest absolute Gasteiger partial charge is 0.480 e. The van der Waals surface area contributed by atoms with Crippen molar-refractivity contribution in [3.63, 3.8) is 0 Å². The van der Waals surface area contributed by atoms with Gasteiger partial charge in [-0.3, -0.25) is 0 Å². The van der Waals surface area contributed by atoms with Crippen molar-refractivity contribution in [1.82, 2.24) is 19.9 Å². The lowest BCUT2D eigenvalue weighted by atomic mass is 10.2. The summed E-state index contributed by atoms with van der Waals surface area (Å²) in [5.74, 6) is 2.17. The van der Waals surface area contributed by atoms with Crippen molar-refractivity contribution >= 4 is 17.5 Å². The second-order valence-corrected chi connectivity index (χ2v) is 7.54. The zero-order chi connectivity index (χ0) is 22.4. The molecule has 31 heavy (non-hydrogen) atoms. The average molecular weight is 444 g/mol. The van der Waals surface area contributed by atoms with Crippen LogP contribution in [0.1, 0.15) is 26.0 Å². The molecule has 0 atom stereocenters. The first kappa shape index (κ1) is 22.7. The number of hydrogen-bond donors (Lipinski definition) is 1. The monoisotopic (exact) mass is 443 g/mol. The first-order valence-electron chi connectivity index (χ1n) is 9.99. The van der Waals surface area contributed by atoms with E-state index in [9.17, 15) is 5.11 Å². The van der Waals surface area contributed by atoms with E-state index in [0.717, 1.165) is 0 Å². The Hall–Kier alpha value is -2.97. The van der Waals surface area contributed by atoms with Gasteiger partial charge in [0.1, 0.15) is 16.7 Å². The molecule has 3 heterocycles. The number of ether oxygens (including phenoxy) is 2. The predicted molar refractivity (Wildman–Crippen MR) is 120 cm³/mol. The van der Waals surface area contributed by atoms with E-state index in [0.29, 0.717) is 58.4 Å². The van der Waals surface area contributed by atoms with Crippen LogP contribution < -0.4 is 14.4 Å². The lowest BCUT2D eigenvalue weighted by Gasteiger charge is -2.26. The van der Waals surface area contributed by atoms with Crippen LogP contribution in [0.15, 0.2) is 36.7 Å². The normalized spacial score (nSPS) is 10.9. The summed E-state index contributed by atoms with van der Waals surface area (Å²) in [6, 6.07) is 7.22. The fraction of sp³-hybridized carbons (Fsp3) is 0.364. The molecule has 3 rings (SSSR count). The fourth-order valence-corrected chi connectivity index (χ4v) is 3.20. The fourth-order valence-electron chi connectivity index (χ4n) is 3.04. The quantitative estimate of drug-likeness (QED) is 0.489. The maximum atomic E-state index is 9.17. The van der Waals surface area contributed by atoms with Crippen LogP contribution in [0.2, 0.25) is 5.15 Å². The van der Waals surface area contributed by atoms with Crippen LogP contribution in [0, 0.1) is 6.92 Å². The molecule has 1 N–H and O–H groups in total. The van der Waals surface area contributed by atoms with Crippen LogP contribution in [0.25, 0.3) is 11.3 Å². The van der Waals surface area contributed by atoms with Gasteiger partial charge in [-0.15, -0.1) is 0 Å². The maximum Gasteiger partial charge on any atom is 0.228 e. The van der Waals surface area contributed by atoms with Gasteiger partial charge in [0.25, 0.3) is 0 Å². The summed E-state index contributed by atoms with van der Waals surface area (Å²) in [6.45, 7) is 6.74. The number of aliphatic hydroxyl groups excluding tert-OH is 1.